The Morgan fingerprint density at radius 3 is 2.85 bits per heavy atom. The highest BCUT2D eigenvalue weighted by Gasteiger charge is 2.08. The van der Waals surface area contributed by atoms with Gasteiger partial charge in [-0.3, -0.25) is 0 Å². The van der Waals surface area contributed by atoms with Crippen LogP contribution in [-0.2, 0) is 6.61 Å². The molecule has 0 aliphatic carbocycles. The van der Waals surface area contributed by atoms with Gasteiger partial charge in [-0.2, -0.15) is 5.10 Å². The second-order valence-electron chi connectivity index (χ2n) is 4.29. The molecule has 0 aliphatic heterocycles. The van der Waals surface area contributed by atoms with E-state index in [-0.39, 0.29) is 12.4 Å². The van der Waals surface area contributed by atoms with Crippen molar-refractivity contribution in [3.05, 3.63) is 60.2 Å². The second kappa shape index (κ2) is 5.21. The van der Waals surface area contributed by atoms with Crippen LogP contribution in [0.3, 0.4) is 0 Å². The molecule has 2 aromatic heterocycles. The van der Waals surface area contributed by atoms with E-state index < -0.39 is 0 Å². The maximum atomic E-state index is 13.2. The lowest BCUT2D eigenvalue weighted by atomic mass is 10.3. The normalized spacial score (nSPS) is 10.7. The predicted molar refractivity (Wildman–Crippen MR) is 72.5 cm³/mol. The van der Waals surface area contributed by atoms with Gasteiger partial charge in [-0.1, -0.05) is 6.07 Å². The van der Waals surface area contributed by atoms with Gasteiger partial charge in [0.25, 0.3) is 0 Å². The molecule has 3 aromatic rings. The zero-order valence-electron chi connectivity index (χ0n) is 10.9. The van der Waals surface area contributed by atoms with Crippen LogP contribution in [0, 0.1) is 5.82 Å². The number of fused-ring (bicyclic) bond motifs is 1. The standard InChI is InChI=1S/C15H13FN2O2/c1-19-14-6-5-11(16)8-15(14)20-10-12-9-13-4-2-3-7-18(13)17-12/h2-9H,10H2,1H3. The highest BCUT2D eigenvalue weighted by atomic mass is 19.1. The molecule has 0 amide bonds. The highest BCUT2D eigenvalue weighted by molar-refractivity contribution is 5.47. The van der Waals surface area contributed by atoms with Crippen molar-refractivity contribution in [1.82, 2.24) is 9.61 Å². The average molecular weight is 272 g/mol. The van der Waals surface area contributed by atoms with Crippen molar-refractivity contribution in [2.24, 2.45) is 0 Å². The summed E-state index contributed by atoms with van der Waals surface area (Å²) < 4.78 is 25.7. The minimum absolute atomic E-state index is 0.251. The Kier molecular flexibility index (Phi) is 3.25. The number of pyridine rings is 1. The van der Waals surface area contributed by atoms with Crippen LogP contribution in [0.25, 0.3) is 5.52 Å². The number of rotatable bonds is 4. The van der Waals surface area contributed by atoms with Gasteiger partial charge in [0.05, 0.1) is 12.6 Å². The van der Waals surface area contributed by atoms with Crippen molar-refractivity contribution in [3.8, 4) is 11.5 Å². The number of benzene rings is 1. The van der Waals surface area contributed by atoms with E-state index in [0.29, 0.717) is 11.5 Å². The molecule has 0 atom stereocenters. The SMILES string of the molecule is COc1ccc(F)cc1OCc1cc2ccccn2n1. The minimum Gasteiger partial charge on any atom is -0.493 e. The van der Waals surface area contributed by atoms with Gasteiger partial charge in [0.15, 0.2) is 11.5 Å². The van der Waals surface area contributed by atoms with Crippen LogP contribution in [0.1, 0.15) is 5.69 Å². The van der Waals surface area contributed by atoms with Gasteiger partial charge in [0.1, 0.15) is 18.1 Å². The number of ether oxygens (including phenoxy) is 2. The fourth-order valence-corrected chi connectivity index (χ4v) is 1.98. The number of hydrogen-bond acceptors (Lipinski definition) is 3. The fraction of sp³-hybridized carbons (Fsp3) is 0.133. The van der Waals surface area contributed by atoms with Gasteiger partial charge in [-0.15, -0.1) is 0 Å². The lowest BCUT2D eigenvalue weighted by Gasteiger charge is -2.09. The number of aromatic nitrogens is 2. The fourth-order valence-electron chi connectivity index (χ4n) is 1.98. The molecule has 0 N–H and O–H groups in total. The Morgan fingerprint density at radius 1 is 1.15 bits per heavy atom. The predicted octanol–water partition coefficient (Wildman–Crippen LogP) is 3.06. The summed E-state index contributed by atoms with van der Waals surface area (Å²) in [6.45, 7) is 0.251. The Balaban J connectivity index is 1.80. The Bertz CT molecular complexity index is 707. The van der Waals surface area contributed by atoms with Crippen molar-refractivity contribution < 1.29 is 13.9 Å². The molecule has 0 aliphatic rings. The van der Waals surface area contributed by atoms with E-state index in [0.717, 1.165) is 11.2 Å². The third-order valence-corrected chi connectivity index (χ3v) is 2.92. The molecule has 0 saturated carbocycles. The lowest BCUT2D eigenvalue weighted by molar-refractivity contribution is 0.278. The molecule has 3 rings (SSSR count). The molecule has 5 heteroatoms. The van der Waals surface area contributed by atoms with Crippen LogP contribution in [0.2, 0.25) is 0 Å². The number of nitrogens with zero attached hydrogens (tertiary/aromatic N) is 2. The van der Waals surface area contributed by atoms with Gasteiger partial charge in [-0.05, 0) is 30.3 Å². The Morgan fingerprint density at radius 2 is 2.05 bits per heavy atom. The summed E-state index contributed by atoms with van der Waals surface area (Å²) in [5.41, 5.74) is 1.75. The molecule has 0 spiro atoms. The zero-order chi connectivity index (χ0) is 13.9. The van der Waals surface area contributed by atoms with E-state index in [1.54, 1.807) is 4.52 Å². The van der Waals surface area contributed by atoms with Gasteiger partial charge >= 0.3 is 0 Å². The molecular weight excluding hydrogens is 259 g/mol. The topological polar surface area (TPSA) is 35.8 Å². The third-order valence-electron chi connectivity index (χ3n) is 2.92. The molecule has 0 unspecified atom stereocenters. The van der Waals surface area contributed by atoms with E-state index in [9.17, 15) is 4.39 Å². The van der Waals surface area contributed by atoms with Crippen molar-refractivity contribution in [1.29, 1.82) is 0 Å². The number of hydrogen-bond donors (Lipinski definition) is 0. The molecule has 1 aromatic carbocycles. The van der Waals surface area contributed by atoms with Crippen LogP contribution < -0.4 is 9.47 Å². The van der Waals surface area contributed by atoms with Crippen molar-refractivity contribution in [3.63, 3.8) is 0 Å². The maximum absolute atomic E-state index is 13.2. The largest absolute Gasteiger partial charge is 0.493 e. The Hall–Kier alpha value is -2.56. The van der Waals surface area contributed by atoms with Crippen molar-refractivity contribution >= 4 is 5.52 Å². The molecule has 0 bridgehead atoms. The molecule has 0 fully saturated rings. The number of methoxy groups -OCH3 is 1. The third kappa shape index (κ3) is 2.42. The van der Waals surface area contributed by atoms with Crippen LogP contribution in [0.5, 0.6) is 11.5 Å². The molecule has 0 radical (unpaired) electrons. The first-order valence-corrected chi connectivity index (χ1v) is 6.16. The summed E-state index contributed by atoms with van der Waals surface area (Å²) in [7, 11) is 1.52. The zero-order valence-corrected chi connectivity index (χ0v) is 10.9. The van der Waals surface area contributed by atoms with Gasteiger partial charge < -0.3 is 9.47 Å². The van der Waals surface area contributed by atoms with Crippen molar-refractivity contribution in [2.45, 2.75) is 6.61 Å². The summed E-state index contributed by atoms with van der Waals surface area (Å²) in [5, 5.41) is 4.36. The van der Waals surface area contributed by atoms with Crippen LogP contribution in [0.4, 0.5) is 4.39 Å². The first-order valence-electron chi connectivity index (χ1n) is 6.16. The average Bonchev–Trinajstić information content (AvgIpc) is 2.88. The molecule has 102 valence electrons. The van der Waals surface area contributed by atoms with Crippen LogP contribution in [0.15, 0.2) is 48.7 Å². The van der Waals surface area contributed by atoms with E-state index in [2.05, 4.69) is 5.10 Å². The first-order chi connectivity index (χ1) is 9.76. The van der Waals surface area contributed by atoms with E-state index >= 15 is 0 Å². The maximum Gasteiger partial charge on any atom is 0.164 e. The lowest BCUT2D eigenvalue weighted by Crippen LogP contribution is -1.99. The molecule has 4 nitrogen and oxygen atoms in total. The quantitative estimate of drug-likeness (QED) is 0.732. The first kappa shape index (κ1) is 12.5. The summed E-state index contributed by atoms with van der Waals surface area (Å²) in [5.74, 6) is 0.496. The van der Waals surface area contributed by atoms with Crippen LogP contribution >= 0.6 is 0 Å². The Labute approximate surface area is 115 Å². The van der Waals surface area contributed by atoms with Crippen molar-refractivity contribution in [2.75, 3.05) is 7.11 Å². The highest BCUT2D eigenvalue weighted by Crippen LogP contribution is 2.28. The van der Waals surface area contributed by atoms with Gasteiger partial charge in [0, 0.05) is 12.3 Å². The van der Waals surface area contributed by atoms with Crippen LogP contribution in [-0.4, -0.2) is 16.7 Å². The molecule has 0 saturated heterocycles. The monoisotopic (exact) mass is 272 g/mol. The van der Waals surface area contributed by atoms with Gasteiger partial charge in [0.2, 0.25) is 0 Å². The van der Waals surface area contributed by atoms with E-state index in [1.807, 2.05) is 30.5 Å². The second-order valence-corrected chi connectivity index (χ2v) is 4.29. The summed E-state index contributed by atoms with van der Waals surface area (Å²) in [6.07, 6.45) is 1.86. The number of halogens is 1. The van der Waals surface area contributed by atoms with Gasteiger partial charge in [-0.25, -0.2) is 8.91 Å². The summed E-state index contributed by atoms with van der Waals surface area (Å²) >= 11 is 0. The summed E-state index contributed by atoms with van der Waals surface area (Å²) in [6, 6.07) is 11.9. The molecule has 2 heterocycles. The van der Waals surface area contributed by atoms with E-state index in [4.69, 9.17) is 9.47 Å². The minimum atomic E-state index is -0.365. The van der Waals surface area contributed by atoms with E-state index in [1.165, 1.54) is 25.3 Å². The molecule has 20 heavy (non-hydrogen) atoms. The summed E-state index contributed by atoms with van der Waals surface area (Å²) in [4.78, 5) is 0. The smallest absolute Gasteiger partial charge is 0.164 e. The molecular formula is C15H13FN2O2.